The topological polar surface area (TPSA) is 87.0 Å². The molecule has 5 nitrogen and oxygen atoms in total. The van der Waals surface area contributed by atoms with Gasteiger partial charge in [0.2, 0.25) is 6.29 Å². The van der Waals surface area contributed by atoms with Gasteiger partial charge in [0.05, 0.1) is 0 Å². The number of hydrogen-bond donors (Lipinski definition) is 5. The molecule has 14 heavy (non-hydrogen) atoms. The van der Waals surface area contributed by atoms with Crippen LogP contribution in [0.25, 0.3) is 0 Å². The number of aliphatic hydroxyl groups excluding tert-OH is 2. The van der Waals surface area contributed by atoms with Crippen molar-refractivity contribution in [3.05, 3.63) is 0 Å². The van der Waals surface area contributed by atoms with E-state index in [9.17, 15) is 15.0 Å². The number of esters is 1. The van der Waals surface area contributed by atoms with Gasteiger partial charge in [-0.2, -0.15) is 12.6 Å². The van der Waals surface area contributed by atoms with Crippen molar-refractivity contribution >= 4 is 31.2 Å². The van der Waals surface area contributed by atoms with E-state index in [0.717, 1.165) is 0 Å². The molecule has 0 spiro atoms. The molecule has 0 fully saturated rings. The molecule has 84 valence electrons. The summed E-state index contributed by atoms with van der Waals surface area (Å²) in [5.74, 6) is -0.984. The first-order valence-corrected chi connectivity index (χ1v) is 5.10. The van der Waals surface area contributed by atoms with Crippen LogP contribution in [0.2, 0.25) is 0 Å². The molecule has 0 rings (SSSR count). The van der Waals surface area contributed by atoms with E-state index in [0.29, 0.717) is 0 Å². The predicted octanol–water partition coefficient (Wildman–Crippen LogP) is -0.833. The van der Waals surface area contributed by atoms with Crippen molar-refractivity contribution in [1.82, 2.24) is 0 Å². The van der Waals surface area contributed by atoms with Gasteiger partial charge in [0, 0.05) is 12.2 Å². The maximum absolute atomic E-state index is 10.8. The van der Waals surface area contributed by atoms with Crippen LogP contribution in [0, 0.1) is 0 Å². The first kappa shape index (κ1) is 14.1. The summed E-state index contributed by atoms with van der Waals surface area (Å²) in [7, 11) is 0. The van der Waals surface area contributed by atoms with E-state index >= 15 is 0 Å². The maximum Gasteiger partial charge on any atom is 0.307 e. The second-order valence-electron chi connectivity index (χ2n) is 2.72. The number of ether oxygens (including phenoxy) is 1. The van der Waals surface area contributed by atoms with E-state index in [-0.39, 0.29) is 12.2 Å². The molecular weight excluding hydrogens is 228 g/mol. The minimum absolute atomic E-state index is 0.0579. The normalized spacial score (nSPS) is 19.6. The van der Waals surface area contributed by atoms with Gasteiger partial charge in [-0.25, -0.2) is 0 Å². The Kier molecular flexibility index (Phi) is 5.84. The van der Waals surface area contributed by atoms with Crippen LogP contribution in [0.1, 0.15) is 13.3 Å². The third kappa shape index (κ3) is 3.32. The van der Waals surface area contributed by atoms with E-state index in [1.165, 1.54) is 6.92 Å². The average molecular weight is 242 g/mol. The summed E-state index contributed by atoms with van der Waals surface area (Å²) < 4.78 is 4.43. The molecule has 0 aliphatic carbocycles. The molecule has 3 N–H and O–H groups in total. The number of rotatable bonds is 5. The highest BCUT2D eigenvalue weighted by Crippen LogP contribution is 2.21. The molecule has 0 aliphatic heterocycles. The Hall–Kier alpha value is 0.0500. The third-order valence-corrected chi connectivity index (χ3v) is 2.61. The largest absolute Gasteiger partial charge is 0.433 e. The Morgan fingerprint density at radius 3 is 2.36 bits per heavy atom. The van der Waals surface area contributed by atoms with Gasteiger partial charge < -0.3 is 20.1 Å². The molecule has 0 aromatic rings. The minimum Gasteiger partial charge on any atom is -0.433 e. The second kappa shape index (κ2) is 5.82. The smallest absolute Gasteiger partial charge is 0.307 e. The molecule has 0 aromatic carbocycles. The summed E-state index contributed by atoms with van der Waals surface area (Å²) in [6, 6.07) is 0. The molecule has 3 atom stereocenters. The molecule has 7 heteroatoms. The standard InChI is InChI=1S/C7H14O5S2/c1-2-4(8)12-5(9)7(11,3-13)6(10)14/h5-6,9-11,13-14H,2-3H2,1H3. The van der Waals surface area contributed by atoms with Gasteiger partial charge in [-0.3, -0.25) is 4.79 Å². The van der Waals surface area contributed by atoms with Crippen LogP contribution in [0.15, 0.2) is 0 Å². The molecule has 0 amide bonds. The summed E-state index contributed by atoms with van der Waals surface area (Å²) in [5.41, 5.74) is -3.63. The van der Waals surface area contributed by atoms with E-state index < -0.39 is 23.3 Å². The fourth-order valence-electron chi connectivity index (χ4n) is 0.597. The Bertz CT molecular complexity index is 199. The highest BCUT2D eigenvalue weighted by Gasteiger charge is 2.42. The average Bonchev–Trinajstić information content (AvgIpc) is 2.15. The number of hydrogen-bond acceptors (Lipinski definition) is 7. The van der Waals surface area contributed by atoms with E-state index in [1.54, 1.807) is 0 Å². The zero-order chi connectivity index (χ0) is 11.4. The van der Waals surface area contributed by atoms with Crippen LogP contribution in [-0.4, -0.2) is 44.4 Å². The first-order valence-electron chi connectivity index (χ1n) is 3.95. The van der Waals surface area contributed by atoms with Gasteiger partial charge in [-0.15, -0.1) is 12.6 Å². The zero-order valence-corrected chi connectivity index (χ0v) is 9.41. The van der Waals surface area contributed by atoms with Crippen LogP contribution in [0.4, 0.5) is 0 Å². The highest BCUT2D eigenvalue weighted by atomic mass is 32.1. The van der Waals surface area contributed by atoms with Crippen LogP contribution in [0.5, 0.6) is 0 Å². The predicted molar refractivity (Wildman–Crippen MR) is 56.2 cm³/mol. The Morgan fingerprint density at radius 1 is 1.57 bits per heavy atom. The molecule has 0 heterocycles. The summed E-state index contributed by atoms with van der Waals surface area (Å²) >= 11 is 7.28. The van der Waals surface area contributed by atoms with Crippen molar-refractivity contribution in [2.75, 3.05) is 5.75 Å². The fraction of sp³-hybridized carbons (Fsp3) is 0.857. The van der Waals surface area contributed by atoms with Gasteiger partial charge >= 0.3 is 5.97 Å². The molecule has 0 bridgehead atoms. The van der Waals surface area contributed by atoms with E-state index in [1.807, 2.05) is 0 Å². The first-order chi connectivity index (χ1) is 6.38. The number of aliphatic hydroxyl groups is 3. The van der Waals surface area contributed by atoms with Crippen molar-refractivity contribution < 1.29 is 24.9 Å². The molecular formula is C7H14O5S2. The van der Waals surface area contributed by atoms with Crippen LogP contribution in [-0.2, 0) is 9.53 Å². The lowest BCUT2D eigenvalue weighted by molar-refractivity contribution is -0.220. The van der Waals surface area contributed by atoms with Crippen LogP contribution in [0.3, 0.4) is 0 Å². The minimum atomic E-state index is -2.07. The van der Waals surface area contributed by atoms with Gasteiger partial charge in [-0.05, 0) is 0 Å². The van der Waals surface area contributed by atoms with Crippen molar-refractivity contribution in [2.24, 2.45) is 0 Å². The highest BCUT2D eigenvalue weighted by molar-refractivity contribution is 7.81. The van der Waals surface area contributed by atoms with Gasteiger partial charge in [0.1, 0.15) is 5.44 Å². The summed E-state index contributed by atoms with van der Waals surface area (Å²) in [6.07, 6.45) is -1.79. The third-order valence-electron chi connectivity index (χ3n) is 1.66. The lowest BCUT2D eigenvalue weighted by Gasteiger charge is -2.32. The Morgan fingerprint density at radius 2 is 2.07 bits per heavy atom. The van der Waals surface area contributed by atoms with Crippen molar-refractivity contribution in [3.8, 4) is 0 Å². The van der Waals surface area contributed by atoms with E-state index in [4.69, 9.17) is 5.11 Å². The lowest BCUT2D eigenvalue weighted by Crippen LogP contribution is -2.53. The fourth-order valence-corrected chi connectivity index (χ4v) is 1.29. The Labute approximate surface area is 92.9 Å². The van der Waals surface area contributed by atoms with Crippen LogP contribution < -0.4 is 0 Å². The summed E-state index contributed by atoms with van der Waals surface area (Å²) in [6.45, 7) is 1.53. The van der Waals surface area contributed by atoms with E-state index in [2.05, 4.69) is 30.0 Å². The quantitative estimate of drug-likeness (QED) is 0.247. The van der Waals surface area contributed by atoms with Crippen molar-refractivity contribution in [1.29, 1.82) is 0 Å². The molecule has 3 unspecified atom stereocenters. The summed E-state index contributed by atoms with van der Waals surface area (Å²) in [4.78, 5) is 10.8. The van der Waals surface area contributed by atoms with Crippen LogP contribution >= 0.6 is 25.3 Å². The van der Waals surface area contributed by atoms with Crippen molar-refractivity contribution in [3.63, 3.8) is 0 Å². The second-order valence-corrected chi connectivity index (χ2v) is 3.52. The van der Waals surface area contributed by atoms with Gasteiger partial charge in [0.15, 0.2) is 5.60 Å². The molecule has 0 radical (unpaired) electrons. The maximum atomic E-state index is 10.8. The molecule has 0 saturated heterocycles. The van der Waals surface area contributed by atoms with Gasteiger partial charge in [-0.1, -0.05) is 6.92 Å². The SMILES string of the molecule is CCC(=O)OC(O)C(O)(CS)C(O)S. The Balaban J connectivity index is 4.45. The zero-order valence-electron chi connectivity index (χ0n) is 7.62. The number of thiol groups is 2. The number of carbonyl (C=O) groups excluding carboxylic acids is 1. The molecule has 0 aromatic heterocycles. The lowest BCUT2D eigenvalue weighted by atomic mass is 10.1. The molecule has 0 aliphatic rings. The molecule has 0 saturated carbocycles. The van der Waals surface area contributed by atoms with Gasteiger partial charge in [0.25, 0.3) is 0 Å². The number of carbonyl (C=O) groups is 1. The monoisotopic (exact) mass is 242 g/mol. The van der Waals surface area contributed by atoms with Crippen molar-refractivity contribution in [2.45, 2.75) is 30.7 Å². The summed E-state index contributed by atoms with van der Waals surface area (Å²) in [5, 5.41) is 27.9.